The molecule has 128 valence electrons. The number of rotatable bonds is 1. The van der Waals surface area contributed by atoms with Crippen LogP contribution in [0.2, 0.25) is 0 Å². The topological polar surface area (TPSA) is 24.5 Å². The highest BCUT2D eigenvalue weighted by molar-refractivity contribution is 7.80. The molecule has 3 aliphatic rings. The number of ether oxygens (including phenoxy) is 1. The van der Waals surface area contributed by atoms with Crippen molar-refractivity contribution in [3.8, 4) is 5.75 Å². The molecule has 2 fully saturated rings. The lowest BCUT2D eigenvalue weighted by atomic mass is 9.80. The van der Waals surface area contributed by atoms with Gasteiger partial charge in [-0.3, -0.25) is 4.90 Å². The minimum absolute atomic E-state index is 0.249. The molecule has 0 unspecified atom stereocenters. The van der Waals surface area contributed by atoms with Crippen LogP contribution in [-0.4, -0.2) is 10.8 Å². The fourth-order valence-corrected chi connectivity index (χ4v) is 5.33. The van der Waals surface area contributed by atoms with Crippen molar-refractivity contribution in [1.82, 2.24) is 5.32 Å². The van der Waals surface area contributed by atoms with Crippen molar-refractivity contribution in [2.24, 2.45) is 5.92 Å². The number of nitrogens with zero attached hydrogens (tertiary/aromatic N) is 1. The molecule has 2 aromatic carbocycles. The Labute approximate surface area is 154 Å². The molecule has 3 atom stereocenters. The van der Waals surface area contributed by atoms with Gasteiger partial charge >= 0.3 is 0 Å². The maximum atomic E-state index is 6.76. The van der Waals surface area contributed by atoms with Gasteiger partial charge in [0.25, 0.3) is 0 Å². The smallest absolute Gasteiger partial charge is 0.194 e. The second-order valence-corrected chi connectivity index (χ2v) is 7.92. The summed E-state index contributed by atoms with van der Waals surface area (Å²) in [5.74, 6) is 1.41. The van der Waals surface area contributed by atoms with Gasteiger partial charge in [-0.25, -0.2) is 0 Å². The van der Waals surface area contributed by atoms with Crippen LogP contribution < -0.4 is 15.0 Å². The number of fused-ring (bicyclic) bond motifs is 2. The predicted octanol–water partition coefficient (Wildman–Crippen LogP) is 4.63. The molecule has 0 radical (unpaired) electrons. The maximum Gasteiger partial charge on any atom is 0.194 e. The maximum absolute atomic E-state index is 6.76. The zero-order valence-electron chi connectivity index (χ0n) is 14.6. The van der Waals surface area contributed by atoms with Crippen LogP contribution in [0.5, 0.6) is 5.75 Å². The number of benzene rings is 2. The Balaban J connectivity index is 1.71. The van der Waals surface area contributed by atoms with Gasteiger partial charge in [0, 0.05) is 23.6 Å². The second kappa shape index (κ2) is 5.21. The molecule has 2 bridgehead atoms. The summed E-state index contributed by atoms with van der Waals surface area (Å²) in [6, 6.07) is 15.2. The van der Waals surface area contributed by atoms with Crippen LogP contribution in [0.25, 0.3) is 0 Å². The number of aryl methyl sites for hydroxylation is 2. The van der Waals surface area contributed by atoms with Gasteiger partial charge in [0.1, 0.15) is 5.75 Å². The van der Waals surface area contributed by atoms with Crippen molar-refractivity contribution in [3.63, 3.8) is 0 Å². The van der Waals surface area contributed by atoms with Crippen molar-refractivity contribution in [2.75, 3.05) is 4.90 Å². The Hall–Kier alpha value is -2.07. The molecule has 1 aliphatic carbocycles. The first-order valence-electron chi connectivity index (χ1n) is 9.06. The lowest BCUT2D eigenvalue weighted by Crippen LogP contribution is -2.69. The predicted molar refractivity (Wildman–Crippen MR) is 104 cm³/mol. The van der Waals surface area contributed by atoms with Gasteiger partial charge in [-0.15, -0.1) is 0 Å². The van der Waals surface area contributed by atoms with Gasteiger partial charge in [-0.1, -0.05) is 35.9 Å². The van der Waals surface area contributed by atoms with E-state index in [0.717, 1.165) is 29.4 Å². The molecule has 2 heterocycles. The van der Waals surface area contributed by atoms with Crippen LogP contribution in [0.4, 0.5) is 5.69 Å². The lowest BCUT2D eigenvalue weighted by molar-refractivity contribution is -0.00516. The molecule has 1 saturated carbocycles. The van der Waals surface area contributed by atoms with Crippen molar-refractivity contribution in [3.05, 3.63) is 59.2 Å². The summed E-state index contributed by atoms with van der Waals surface area (Å²) in [5.41, 5.74) is 4.54. The van der Waals surface area contributed by atoms with E-state index in [1.54, 1.807) is 0 Å². The molecule has 0 aromatic heterocycles. The average Bonchev–Trinajstić information content (AvgIpc) is 3.02. The SMILES string of the molecule is Cc1ccc2c(c1)[C@H]1NC(=S)N(c3ccccc3C)[C@@]3(CCC[C@H]13)O2. The fourth-order valence-electron chi connectivity index (χ4n) is 4.95. The Morgan fingerprint density at radius 1 is 1.20 bits per heavy atom. The zero-order chi connectivity index (χ0) is 17.2. The van der Waals surface area contributed by atoms with Crippen LogP contribution in [0.1, 0.15) is 42.0 Å². The van der Waals surface area contributed by atoms with Gasteiger partial charge in [-0.2, -0.15) is 0 Å². The molecular formula is C21H22N2OS. The molecule has 4 heteroatoms. The minimum atomic E-state index is -0.360. The molecule has 1 saturated heterocycles. The lowest BCUT2D eigenvalue weighted by Gasteiger charge is -2.56. The van der Waals surface area contributed by atoms with Gasteiger partial charge in [0.2, 0.25) is 0 Å². The Kier molecular flexibility index (Phi) is 3.17. The Bertz CT molecular complexity index is 880. The van der Waals surface area contributed by atoms with E-state index in [0.29, 0.717) is 5.92 Å². The molecule has 2 aliphatic heterocycles. The summed E-state index contributed by atoms with van der Waals surface area (Å²) in [5, 5.41) is 4.43. The van der Waals surface area contributed by atoms with Crippen molar-refractivity contribution in [2.45, 2.75) is 44.9 Å². The number of thiocarbonyl (C=S) groups is 1. The van der Waals surface area contributed by atoms with Gasteiger partial charge in [-0.05, 0) is 56.6 Å². The van der Waals surface area contributed by atoms with E-state index in [9.17, 15) is 0 Å². The summed E-state index contributed by atoms with van der Waals surface area (Å²) in [4.78, 5) is 2.26. The van der Waals surface area contributed by atoms with Gasteiger partial charge in [0.15, 0.2) is 10.8 Å². The normalized spacial score (nSPS) is 29.5. The molecule has 2 aromatic rings. The monoisotopic (exact) mass is 350 g/mol. The third-order valence-electron chi connectivity index (χ3n) is 6.04. The van der Waals surface area contributed by atoms with Crippen LogP contribution in [0.3, 0.4) is 0 Å². The molecule has 3 nitrogen and oxygen atoms in total. The van der Waals surface area contributed by atoms with Gasteiger partial charge in [0.05, 0.1) is 6.04 Å². The highest BCUT2D eigenvalue weighted by Crippen LogP contribution is 2.56. The third kappa shape index (κ3) is 2.00. The quantitative estimate of drug-likeness (QED) is 0.758. The van der Waals surface area contributed by atoms with Crippen LogP contribution in [0.15, 0.2) is 42.5 Å². The first kappa shape index (κ1) is 15.2. The highest BCUT2D eigenvalue weighted by Gasteiger charge is 2.60. The molecule has 0 spiro atoms. The van der Waals surface area contributed by atoms with E-state index in [2.05, 4.69) is 66.5 Å². The molecule has 5 rings (SSSR count). The number of anilines is 1. The number of para-hydroxylation sites is 1. The van der Waals surface area contributed by atoms with Crippen LogP contribution >= 0.6 is 12.2 Å². The summed E-state index contributed by atoms with van der Waals surface area (Å²) in [7, 11) is 0. The first-order valence-corrected chi connectivity index (χ1v) is 9.47. The summed E-state index contributed by atoms with van der Waals surface area (Å²) < 4.78 is 6.76. The zero-order valence-corrected chi connectivity index (χ0v) is 15.4. The molecule has 0 amide bonds. The Morgan fingerprint density at radius 3 is 2.88 bits per heavy atom. The van der Waals surface area contributed by atoms with E-state index in [1.807, 2.05) is 0 Å². The molecule has 1 N–H and O–H groups in total. The first-order chi connectivity index (χ1) is 12.1. The van der Waals surface area contributed by atoms with Crippen molar-refractivity contribution >= 4 is 23.0 Å². The van der Waals surface area contributed by atoms with Crippen molar-refractivity contribution < 1.29 is 4.74 Å². The number of nitrogens with one attached hydrogen (secondary N) is 1. The summed E-state index contributed by atoms with van der Waals surface area (Å²) >= 11 is 5.84. The number of hydrogen-bond acceptors (Lipinski definition) is 2. The van der Waals surface area contributed by atoms with E-state index < -0.39 is 0 Å². The minimum Gasteiger partial charge on any atom is -0.467 e. The second-order valence-electron chi connectivity index (χ2n) is 7.54. The number of hydrogen-bond donors (Lipinski definition) is 1. The highest BCUT2D eigenvalue weighted by atomic mass is 32.1. The van der Waals surface area contributed by atoms with Crippen LogP contribution in [0, 0.1) is 19.8 Å². The third-order valence-corrected chi connectivity index (χ3v) is 6.34. The standard InChI is InChI=1S/C21H22N2OS/c1-13-9-10-18-15(12-13)19-16-7-5-11-21(16,24-18)23(20(25)22-19)17-8-4-3-6-14(17)2/h3-4,6,8-10,12,16,19H,5,7,11H2,1-2H3,(H,22,25)/t16-,19-,21+/m1/s1. The average molecular weight is 350 g/mol. The summed E-state index contributed by atoms with van der Waals surface area (Å²) in [6.45, 7) is 4.28. The van der Waals surface area contributed by atoms with E-state index >= 15 is 0 Å². The van der Waals surface area contributed by atoms with E-state index in [1.165, 1.54) is 23.1 Å². The van der Waals surface area contributed by atoms with E-state index in [4.69, 9.17) is 17.0 Å². The molecule has 25 heavy (non-hydrogen) atoms. The summed E-state index contributed by atoms with van der Waals surface area (Å²) in [6.07, 6.45) is 3.34. The van der Waals surface area contributed by atoms with Gasteiger partial charge < -0.3 is 10.1 Å². The largest absolute Gasteiger partial charge is 0.467 e. The molecular weight excluding hydrogens is 328 g/mol. The van der Waals surface area contributed by atoms with Crippen molar-refractivity contribution in [1.29, 1.82) is 0 Å². The van der Waals surface area contributed by atoms with E-state index in [-0.39, 0.29) is 11.8 Å². The van der Waals surface area contributed by atoms with Crippen LogP contribution in [-0.2, 0) is 0 Å². The Morgan fingerprint density at radius 2 is 2.04 bits per heavy atom. The fraction of sp³-hybridized carbons (Fsp3) is 0.381.